The highest BCUT2D eigenvalue weighted by Gasteiger charge is 2.28. The summed E-state index contributed by atoms with van der Waals surface area (Å²) in [6, 6.07) is -1.54. The van der Waals surface area contributed by atoms with Gasteiger partial charge in [-0.25, -0.2) is 9.36 Å². The van der Waals surface area contributed by atoms with Crippen LogP contribution >= 0.6 is 7.82 Å². The zero-order chi connectivity index (χ0) is 45.6. The lowest BCUT2D eigenvalue weighted by Crippen LogP contribution is -2.43. The van der Waals surface area contributed by atoms with Crippen LogP contribution in [0.15, 0.2) is 0 Å². The van der Waals surface area contributed by atoms with Crippen molar-refractivity contribution < 1.29 is 47.8 Å². The molecule has 0 radical (unpaired) electrons. The summed E-state index contributed by atoms with van der Waals surface area (Å²) in [5, 5.41) is 21.9. The number of amides is 1. The number of phosphoric acid groups is 1. The third-order valence-corrected chi connectivity index (χ3v) is 12.8. The fourth-order valence-electron chi connectivity index (χ4n) is 7.85. The molecule has 0 rings (SSSR count). The van der Waals surface area contributed by atoms with Crippen LogP contribution < -0.4 is 5.32 Å². The van der Waals surface area contributed by atoms with E-state index in [0.29, 0.717) is 12.8 Å². The molecule has 0 fully saturated rings. The fraction of sp³-hybridized carbons (Fsp3) is 0.940. The van der Waals surface area contributed by atoms with E-state index >= 15 is 0 Å². The van der Waals surface area contributed by atoms with Crippen molar-refractivity contribution in [3.63, 3.8) is 0 Å². The van der Waals surface area contributed by atoms with Crippen LogP contribution in [-0.4, -0.2) is 64.9 Å². The quantitative estimate of drug-likeness (QED) is 0.0262. The molecule has 368 valence electrons. The molecule has 11 nitrogen and oxygen atoms in total. The van der Waals surface area contributed by atoms with Crippen LogP contribution in [0.1, 0.15) is 271 Å². The minimum absolute atomic E-state index is 0.153. The van der Waals surface area contributed by atoms with Crippen LogP contribution in [0.25, 0.3) is 0 Å². The van der Waals surface area contributed by atoms with Gasteiger partial charge in [0.15, 0.2) is 6.04 Å². The van der Waals surface area contributed by atoms with Crippen molar-refractivity contribution >= 4 is 25.7 Å². The molecule has 4 N–H and O–H groups in total. The Morgan fingerprint density at radius 2 is 0.742 bits per heavy atom. The minimum Gasteiger partial charge on any atom is -0.480 e. The molecule has 3 atom stereocenters. The Labute approximate surface area is 380 Å². The lowest BCUT2D eigenvalue weighted by atomic mass is 10.0. The zero-order valence-corrected chi connectivity index (χ0v) is 41.1. The molecule has 12 heteroatoms. The average molecular weight is 904 g/mol. The first-order chi connectivity index (χ1) is 30.1. The summed E-state index contributed by atoms with van der Waals surface area (Å²) in [6.07, 6.45) is 47.0. The molecule has 0 saturated carbocycles. The fourth-order valence-corrected chi connectivity index (χ4v) is 8.62. The van der Waals surface area contributed by atoms with Crippen molar-refractivity contribution in [3.8, 4) is 0 Å². The number of esters is 1. The Morgan fingerprint density at radius 3 is 1.06 bits per heavy atom. The molecule has 0 bridgehead atoms. The number of aliphatic carboxylic acids is 1. The monoisotopic (exact) mass is 904 g/mol. The molecule has 0 aliphatic carbocycles. The van der Waals surface area contributed by atoms with E-state index in [4.69, 9.17) is 13.8 Å². The molecule has 0 aliphatic heterocycles. The number of nitrogens with one attached hydrogen (secondary N) is 1. The maximum Gasteiger partial charge on any atom is 0.472 e. The lowest BCUT2D eigenvalue weighted by molar-refractivity contribution is -0.147. The molecule has 3 unspecified atom stereocenters. The van der Waals surface area contributed by atoms with Gasteiger partial charge in [0.05, 0.1) is 13.2 Å². The number of phosphoric ester groups is 1. The highest BCUT2D eigenvalue weighted by molar-refractivity contribution is 7.47. The summed E-state index contributed by atoms with van der Waals surface area (Å²) in [4.78, 5) is 46.1. The van der Waals surface area contributed by atoms with E-state index in [9.17, 15) is 34.1 Å². The largest absolute Gasteiger partial charge is 0.480 e. The van der Waals surface area contributed by atoms with E-state index in [-0.39, 0.29) is 12.8 Å². The first kappa shape index (κ1) is 60.5. The normalized spacial score (nSPS) is 13.5. The van der Waals surface area contributed by atoms with E-state index in [0.717, 1.165) is 38.5 Å². The average Bonchev–Trinajstić information content (AvgIpc) is 3.25. The van der Waals surface area contributed by atoms with Crippen LogP contribution in [0.4, 0.5) is 0 Å². The number of carboxylic acid groups (broad SMARTS) is 1. The Hall–Kier alpha value is -1.52. The van der Waals surface area contributed by atoms with Crippen molar-refractivity contribution in [1.29, 1.82) is 0 Å². The number of carbonyl (C=O) groups is 3. The Morgan fingerprint density at radius 1 is 0.452 bits per heavy atom. The van der Waals surface area contributed by atoms with Crippen LogP contribution in [0.5, 0.6) is 0 Å². The van der Waals surface area contributed by atoms with Gasteiger partial charge in [-0.2, -0.15) is 0 Å². The van der Waals surface area contributed by atoms with E-state index in [1.807, 2.05) is 0 Å². The third-order valence-electron chi connectivity index (χ3n) is 11.9. The maximum atomic E-state index is 12.3. The van der Waals surface area contributed by atoms with Gasteiger partial charge in [0.1, 0.15) is 12.7 Å². The standard InChI is InChI=1S/C50H98NO10P/c1-3-5-7-9-11-13-15-17-19-21-22-23-24-25-26-28-30-32-34-36-38-40-42-49(54)59-43-46(52)44-60-62(57,58)61-45-47(50(55)56)51-48(53)41-39-37-35-33-31-29-27-20-18-16-14-12-10-8-6-4-2/h46-47,52H,3-45H2,1-2H3,(H,51,53)(H,55,56)(H,57,58). The number of unbranched alkanes of at least 4 members (excludes halogenated alkanes) is 36. The molecule has 0 aliphatic rings. The molecule has 0 saturated heterocycles. The van der Waals surface area contributed by atoms with Crippen molar-refractivity contribution in [3.05, 3.63) is 0 Å². The van der Waals surface area contributed by atoms with Crippen molar-refractivity contribution in [1.82, 2.24) is 5.32 Å². The molecule has 62 heavy (non-hydrogen) atoms. The van der Waals surface area contributed by atoms with Crippen LogP contribution in [0.3, 0.4) is 0 Å². The molecule has 0 aromatic carbocycles. The molecule has 1 amide bonds. The van der Waals surface area contributed by atoms with Crippen molar-refractivity contribution in [2.24, 2.45) is 0 Å². The van der Waals surface area contributed by atoms with E-state index in [1.54, 1.807) is 0 Å². The summed E-state index contributed by atoms with van der Waals surface area (Å²) in [7, 11) is -4.75. The first-order valence-electron chi connectivity index (χ1n) is 26.1. The van der Waals surface area contributed by atoms with E-state index in [1.165, 1.54) is 193 Å². The highest BCUT2D eigenvalue weighted by atomic mass is 31.2. The second-order valence-corrected chi connectivity index (χ2v) is 19.5. The summed E-state index contributed by atoms with van der Waals surface area (Å²) in [6.45, 7) is 2.66. The van der Waals surface area contributed by atoms with Gasteiger partial charge >= 0.3 is 19.8 Å². The van der Waals surface area contributed by atoms with Crippen LogP contribution in [0, 0.1) is 0 Å². The third kappa shape index (κ3) is 45.1. The topological polar surface area (TPSA) is 169 Å². The maximum absolute atomic E-state index is 12.3. The smallest absolute Gasteiger partial charge is 0.472 e. The Kier molecular flexibility index (Phi) is 44.9. The molecule has 0 spiro atoms. The Bertz CT molecular complexity index is 1060. The zero-order valence-electron chi connectivity index (χ0n) is 40.2. The summed E-state index contributed by atoms with van der Waals surface area (Å²) in [5.41, 5.74) is 0. The van der Waals surface area contributed by atoms with Gasteiger partial charge in [0.25, 0.3) is 0 Å². The molecular weight excluding hydrogens is 806 g/mol. The van der Waals surface area contributed by atoms with Gasteiger partial charge in [-0.15, -0.1) is 0 Å². The number of hydrogen-bond acceptors (Lipinski definition) is 8. The molecular formula is C50H98NO10P. The van der Waals surface area contributed by atoms with Gasteiger partial charge < -0.3 is 25.2 Å². The minimum atomic E-state index is -4.75. The molecule has 0 aromatic rings. The van der Waals surface area contributed by atoms with Gasteiger partial charge in [-0.1, -0.05) is 245 Å². The highest BCUT2D eigenvalue weighted by Crippen LogP contribution is 2.43. The SMILES string of the molecule is CCCCCCCCCCCCCCCCCCCCCCCCC(=O)OCC(O)COP(=O)(O)OCC(NC(=O)CCCCCCCCCCCCCCCCCC)C(=O)O. The lowest BCUT2D eigenvalue weighted by Gasteiger charge is -2.18. The van der Waals surface area contributed by atoms with Crippen LogP contribution in [0.2, 0.25) is 0 Å². The molecule has 0 aromatic heterocycles. The predicted molar refractivity (Wildman–Crippen MR) is 254 cm³/mol. The van der Waals surface area contributed by atoms with Gasteiger partial charge in [-0.05, 0) is 12.8 Å². The van der Waals surface area contributed by atoms with Crippen molar-refractivity contribution in [2.45, 2.75) is 283 Å². The number of aliphatic hydroxyl groups excluding tert-OH is 1. The second kappa shape index (κ2) is 46.0. The summed E-state index contributed by atoms with van der Waals surface area (Å²) < 4.78 is 27.0. The van der Waals surface area contributed by atoms with Gasteiger partial charge in [-0.3, -0.25) is 18.6 Å². The summed E-state index contributed by atoms with van der Waals surface area (Å²) >= 11 is 0. The van der Waals surface area contributed by atoms with E-state index < -0.39 is 57.6 Å². The number of carboxylic acids is 1. The number of ether oxygens (including phenoxy) is 1. The first-order valence-corrected chi connectivity index (χ1v) is 27.6. The predicted octanol–water partition coefficient (Wildman–Crippen LogP) is 14.2. The van der Waals surface area contributed by atoms with Crippen LogP contribution in [-0.2, 0) is 32.7 Å². The number of aliphatic hydroxyl groups is 1. The van der Waals surface area contributed by atoms with Gasteiger partial charge in [0.2, 0.25) is 5.91 Å². The second-order valence-electron chi connectivity index (χ2n) is 18.1. The van der Waals surface area contributed by atoms with Gasteiger partial charge in [0, 0.05) is 12.8 Å². The number of hydrogen-bond donors (Lipinski definition) is 4. The Balaban J connectivity index is 3.75. The summed E-state index contributed by atoms with van der Waals surface area (Å²) in [5.74, 6) is -2.35. The number of carbonyl (C=O) groups excluding carboxylic acids is 2. The number of rotatable bonds is 50. The van der Waals surface area contributed by atoms with E-state index in [2.05, 4.69) is 19.2 Å². The van der Waals surface area contributed by atoms with Crippen molar-refractivity contribution in [2.75, 3.05) is 19.8 Å². The molecule has 0 heterocycles.